The number of amides is 1. The van der Waals surface area contributed by atoms with Crippen LogP contribution in [0.4, 0.5) is 4.79 Å². The van der Waals surface area contributed by atoms with Crippen molar-refractivity contribution in [3.63, 3.8) is 0 Å². The predicted octanol–water partition coefficient (Wildman–Crippen LogP) is 2.70. The van der Waals surface area contributed by atoms with E-state index in [4.69, 9.17) is 16.3 Å². The summed E-state index contributed by atoms with van der Waals surface area (Å²) >= 11 is 5.99. The minimum Gasteiger partial charge on any atom is -0.444 e. The maximum atomic E-state index is 12.5. The number of sulfone groups is 1. The number of benzene rings is 1. The van der Waals surface area contributed by atoms with Crippen LogP contribution in [-0.2, 0) is 19.4 Å². The van der Waals surface area contributed by atoms with Crippen LogP contribution in [0.1, 0.15) is 39.2 Å². The van der Waals surface area contributed by atoms with Crippen LogP contribution in [0.5, 0.6) is 0 Å². The zero-order chi connectivity index (χ0) is 19.0. The van der Waals surface area contributed by atoms with Gasteiger partial charge >= 0.3 is 6.09 Å². The van der Waals surface area contributed by atoms with Crippen LogP contribution >= 0.6 is 11.6 Å². The van der Waals surface area contributed by atoms with E-state index in [1.165, 1.54) is 6.92 Å². The van der Waals surface area contributed by atoms with Crippen LogP contribution in [-0.4, -0.2) is 42.9 Å². The third-order valence-electron chi connectivity index (χ3n) is 4.09. The van der Waals surface area contributed by atoms with Crippen molar-refractivity contribution in [1.29, 1.82) is 0 Å². The lowest BCUT2D eigenvalue weighted by molar-refractivity contribution is -0.110. The number of rotatable bonds is 5. The molecule has 138 valence electrons. The Balaban J connectivity index is 2.42. The van der Waals surface area contributed by atoms with E-state index in [9.17, 15) is 18.0 Å². The summed E-state index contributed by atoms with van der Waals surface area (Å²) in [5, 5.41) is 1.86. The van der Waals surface area contributed by atoms with Crippen molar-refractivity contribution in [2.75, 3.05) is 5.75 Å². The number of hydrogen-bond donors (Lipinski definition) is 1. The van der Waals surface area contributed by atoms with Crippen LogP contribution in [0.15, 0.2) is 24.3 Å². The highest BCUT2D eigenvalue weighted by Crippen LogP contribution is 2.55. The van der Waals surface area contributed by atoms with Crippen LogP contribution in [0.3, 0.4) is 0 Å². The van der Waals surface area contributed by atoms with Gasteiger partial charge < -0.3 is 14.8 Å². The van der Waals surface area contributed by atoms with Gasteiger partial charge in [0.25, 0.3) is 0 Å². The smallest absolute Gasteiger partial charge is 0.408 e. The van der Waals surface area contributed by atoms with Gasteiger partial charge in [0, 0.05) is 16.7 Å². The first kappa shape index (κ1) is 19.7. The summed E-state index contributed by atoms with van der Waals surface area (Å²) in [6, 6.07) is 6.62. The predicted molar refractivity (Wildman–Crippen MR) is 95.6 cm³/mol. The van der Waals surface area contributed by atoms with E-state index in [-0.39, 0.29) is 5.75 Å². The molecule has 0 aliphatic heterocycles. The van der Waals surface area contributed by atoms with Crippen LogP contribution in [0.25, 0.3) is 0 Å². The molecule has 1 aliphatic rings. The third-order valence-corrected chi connectivity index (χ3v) is 6.56. The van der Waals surface area contributed by atoms with Crippen molar-refractivity contribution in [3.05, 3.63) is 34.9 Å². The fourth-order valence-corrected chi connectivity index (χ4v) is 5.14. The molecule has 1 fully saturated rings. The number of halogens is 1. The highest BCUT2D eigenvalue weighted by Gasteiger charge is 2.72. The second kappa shape index (κ2) is 6.61. The average molecular weight is 388 g/mol. The van der Waals surface area contributed by atoms with Crippen molar-refractivity contribution in [1.82, 2.24) is 5.32 Å². The number of ether oxygens (including phenoxy) is 1. The molecule has 1 aromatic rings. The molecule has 1 aliphatic carbocycles. The molecule has 0 unspecified atom stereocenters. The maximum absolute atomic E-state index is 12.5. The molecule has 2 rings (SSSR count). The first-order chi connectivity index (χ1) is 11.5. The molecule has 0 aromatic heterocycles. The van der Waals surface area contributed by atoms with E-state index in [2.05, 4.69) is 5.32 Å². The Bertz CT molecular complexity index is 786. The van der Waals surface area contributed by atoms with Gasteiger partial charge in [0.1, 0.15) is 22.7 Å². The van der Waals surface area contributed by atoms with E-state index < -0.39 is 38.2 Å². The molecule has 1 aromatic carbocycles. The van der Waals surface area contributed by atoms with Gasteiger partial charge in [-0.05, 0) is 38.5 Å². The van der Waals surface area contributed by atoms with Gasteiger partial charge in [-0.15, -0.1) is 0 Å². The third kappa shape index (κ3) is 3.98. The fourth-order valence-electron chi connectivity index (χ4n) is 3.01. The number of aldehydes is 1. The molecule has 1 saturated carbocycles. The molecule has 0 radical (unpaired) electrons. The molecule has 25 heavy (non-hydrogen) atoms. The van der Waals surface area contributed by atoms with Gasteiger partial charge in [0.15, 0.2) is 9.84 Å². The number of alkyl carbamates (subject to hydrolysis) is 1. The molecule has 8 heteroatoms. The zero-order valence-electron chi connectivity index (χ0n) is 14.6. The van der Waals surface area contributed by atoms with E-state index >= 15 is 0 Å². The topological polar surface area (TPSA) is 89.5 Å². The molecule has 0 saturated heterocycles. The Labute approximate surface area is 152 Å². The summed E-state index contributed by atoms with van der Waals surface area (Å²) in [5.41, 5.74) is -1.74. The standard InChI is InChI=1S/C17H22ClNO5S/c1-5-25(22,23)14-13(11-7-6-8-12(18)9-11)17(14,10-20)19-15(21)24-16(2,3)4/h6-10,13-14H,5H2,1-4H3,(H,19,21)/t13-,14+,17-/m1/s1. The van der Waals surface area contributed by atoms with Gasteiger partial charge in [0.05, 0.1) is 0 Å². The lowest BCUT2D eigenvalue weighted by Crippen LogP contribution is -2.45. The number of carbonyl (C=O) groups excluding carboxylic acids is 2. The Hall–Kier alpha value is -1.60. The second-order valence-corrected chi connectivity index (χ2v) is 9.93. The average Bonchev–Trinajstić information content (AvgIpc) is 3.15. The lowest BCUT2D eigenvalue weighted by atomic mass is 10.1. The first-order valence-corrected chi connectivity index (χ1v) is 10.0. The van der Waals surface area contributed by atoms with Crippen LogP contribution in [0.2, 0.25) is 5.02 Å². The second-order valence-electron chi connectivity index (χ2n) is 7.08. The van der Waals surface area contributed by atoms with Crippen molar-refractivity contribution in [3.8, 4) is 0 Å². The highest BCUT2D eigenvalue weighted by atomic mass is 35.5. The van der Waals surface area contributed by atoms with Crippen molar-refractivity contribution < 1.29 is 22.7 Å². The molecule has 0 heterocycles. The fraction of sp³-hybridized carbons (Fsp3) is 0.529. The van der Waals surface area contributed by atoms with E-state index in [0.717, 1.165) is 0 Å². The van der Waals surface area contributed by atoms with Crippen LogP contribution in [0, 0.1) is 0 Å². The van der Waals surface area contributed by atoms with Gasteiger partial charge in [-0.2, -0.15) is 0 Å². The maximum Gasteiger partial charge on any atom is 0.408 e. The molecule has 1 amide bonds. The first-order valence-electron chi connectivity index (χ1n) is 7.91. The highest BCUT2D eigenvalue weighted by molar-refractivity contribution is 7.92. The van der Waals surface area contributed by atoms with Gasteiger partial charge in [-0.1, -0.05) is 30.7 Å². The van der Waals surface area contributed by atoms with Gasteiger partial charge in [-0.25, -0.2) is 13.2 Å². The Kier molecular flexibility index (Phi) is 5.21. The van der Waals surface area contributed by atoms with E-state index in [0.29, 0.717) is 16.9 Å². The summed E-state index contributed by atoms with van der Waals surface area (Å²) in [7, 11) is -3.59. The van der Waals surface area contributed by atoms with E-state index in [1.54, 1.807) is 45.0 Å². The molecule has 0 bridgehead atoms. The van der Waals surface area contributed by atoms with Gasteiger partial charge in [0.2, 0.25) is 0 Å². The molecule has 1 N–H and O–H groups in total. The van der Waals surface area contributed by atoms with Crippen molar-refractivity contribution >= 4 is 33.8 Å². The Morgan fingerprint density at radius 2 is 2.04 bits per heavy atom. The molecule has 0 spiro atoms. The van der Waals surface area contributed by atoms with E-state index in [1.807, 2.05) is 0 Å². The molecular weight excluding hydrogens is 366 g/mol. The quantitative estimate of drug-likeness (QED) is 0.784. The Morgan fingerprint density at radius 3 is 2.52 bits per heavy atom. The number of carbonyl (C=O) groups is 2. The lowest BCUT2D eigenvalue weighted by Gasteiger charge is -2.22. The molecule has 6 nitrogen and oxygen atoms in total. The van der Waals surface area contributed by atoms with Crippen molar-refractivity contribution in [2.24, 2.45) is 0 Å². The van der Waals surface area contributed by atoms with Crippen molar-refractivity contribution in [2.45, 2.75) is 50.0 Å². The molecule has 3 atom stereocenters. The largest absolute Gasteiger partial charge is 0.444 e. The number of nitrogens with one attached hydrogen (secondary N) is 1. The minimum atomic E-state index is -3.59. The Morgan fingerprint density at radius 1 is 1.40 bits per heavy atom. The SMILES string of the molecule is CCS(=O)(=O)[C@H]1[C@@H](c2cccc(Cl)c2)[C@@]1(C=O)NC(=O)OC(C)(C)C. The summed E-state index contributed by atoms with van der Waals surface area (Å²) in [6.45, 7) is 6.55. The summed E-state index contributed by atoms with van der Waals surface area (Å²) in [5.74, 6) is -0.846. The zero-order valence-corrected chi connectivity index (χ0v) is 16.1. The normalized spacial score (nSPS) is 26.0. The van der Waals surface area contributed by atoms with Gasteiger partial charge in [-0.3, -0.25) is 0 Å². The number of hydrogen-bond acceptors (Lipinski definition) is 5. The monoisotopic (exact) mass is 387 g/mol. The molecular formula is C17H22ClNO5S. The summed E-state index contributed by atoms with van der Waals surface area (Å²) < 4.78 is 30.2. The minimum absolute atomic E-state index is 0.139. The van der Waals surface area contributed by atoms with Crippen LogP contribution < -0.4 is 5.32 Å². The summed E-state index contributed by atoms with van der Waals surface area (Å²) in [6.07, 6.45) is -0.346. The summed E-state index contributed by atoms with van der Waals surface area (Å²) in [4.78, 5) is 24.0.